The van der Waals surface area contributed by atoms with E-state index in [1.165, 1.54) is 26.0 Å². The van der Waals surface area contributed by atoms with E-state index < -0.39 is 5.91 Å². The smallest absolute Gasteiger partial charge is 0.269 e. The van der Waals surface area contributed by atoms with Crippen LogP contribution in [-0.4, -0.2) is 31.8 Å². The zero-order chi connectivity index (χ0) is 18.2. The first kappa shape index (κ1) is 18.7. The fourth-order valence-corrected chi connectivity index (χ4v) is 2.66. The van der Waals surface area contributed by atoms with Gasteiger partial charge >= 0.3 is 0 Å². The van der Waals surface area contributed by atoms with Gasteiger partial charge in [0, 0.05) is 16.5 Å². The number of benzene rings is 2. The van der Waals surface area contributed by atoms with Crippen LogP contribution in [0.1, 0.15) is 15.9 Å². The van der Waals surface area contributed by atoms with Crippen LogP contribution in [0.2, 0.25) is 0 Å². The fraction of sp³-hybridized carbons (Fsp3) is 0.222. The van der Waals surface area contributed by atoms with E-state index in [4.69, 9.17) is 9.47 Å². The number of amides is 2. The van der Waals surface area contributed by atoms with Crippen LogP contribution < -0.4 is 20.3 Å². The van der Waals surface area contributed by atoms with E-state index >= 15 is 0 Å². The molecule has 0 fully saturated rings. The van der Waals surface area contributed by atoms with Crippen LogP contribution in [-0.2, 0) is 4.79 Å². The minimum absolute atomic E-state index is 0.199. The zero-order valence-electron chi connectivity index (χ0n) is 14.3. The second kappa shape index (κ2) is 8.98. The first-order valence-corrected chi connectivity index (χ1v) is 8.52. The van der Waals surface area contributed by atoms with Gasteiger partial charge in [-0.2, -0.15) is 0 Å². The lowest BCUT2D eigenvalue weighted by Crippen LogP contribution is -2.42. The molecule has 2 aromatic rings. The summed E-state index contributed by atoms with van der Waals surface area (Å²) >= 11 is 1.39. The molecule has 0 aliphatic carbocycles. The van der Waals surface area contributed by atoms with E-state index in [9.17, 15) is 9.59 Å². The van der Waals surface area contributed by atoms with E-state index in [-0.39, 0.29) is 11.7 Å². The molecule has 0 spiro atoms. The summed E-state index contributed by atoms with van der Waals surface area (Å²) in [5.41, 5.74) is 6.26. The van der Waals surface area contributed by atoms with Gasteiger partial charge in [0.15, 0.2) is 0 Å². The summed E-state index contributed by atoms with van der Waals surface area (Å²) in [5, 5.41) is 0. The second-order valence-corrected chi connectivity index (χ2v) is 6.25. The van der Waals surface area contributed by atoms with Crippen LogP contribution in [0.25, 0.3) is 0 Å². The fourth-order valence-electron chi connectivity index (χ4n) is 1.96. The molecule has 0 radical (unpaired) electrons. The number of ether oxygens (including phenoxy) is 2. The maximum atomic E-state index is 12.2. The lowest BCUT2D eigenvalue weighted by Gasteiger charge is -2.10. The predicted molar refractivity (Wildman–Crippen MR) is 97.1 cm³/mol. The van der Waals surface area contributed by atoms with Crippen molar-refractivity contribution in [3.8, 4) is 11.5 Å². The first-order chi connectivity index (χ1) is 12.0. The normalized spacial score (nSPS) is 10.0. The summed E-state index contributed by atoms with van der Waals surface area (Å²) < 4.78 is 10.2. The maximum Gasteiger partial charge on any atom is 0.269 e. The summed E-state index contributed by atoms with van der Waals surface area (Å²) in [5.74, 6) is 0.432. The molecule has 7 heteroatoms. The molecule has 0 saturated carbocycles. The van der Waals surface area contributed by atoms with E-state index in [0.29, 0.717) is 17.1 Å². The van der Waals surface area contributed by atoms with Gasteiger partial charge in [-0.15, -0.1) is 11.8 Å². The molecule has 0 saturated heterocycles. The molecule has 0 unspecified atom stereocenters. The molecule has 0 aromatic heterocycles. The van der Waals surface area contributed by atoms with Gasteiger partial charge in [0.05, 0.1) is 20.0 Å². The molecule has 2 aromatic carbocycles. The molecule has 0 aliphatic heterocycles. The number of hydrazine groups is 1. The second-order valence-electron chi connectivity index (χ2n) is 5.21. The Bertz CT molecular complexity index is 725. The third-order valence-electron chi connectivity index (χ3n) is 3.32. The molecule has 132 valence electrons. The van der Waals surface area contributed by atoms with Crippen LogP contribution in [0, 0.1) is 6.92 Å². The van der Waals surface area contributed by atoms with Gasteiger partial charge in [0.2, 0.25) is 5.91 Å². The number of rotatable bonds is 6. The van der Waals surface area contributed by atoms with Crippen molar-refractivity contribution in [1.82, 2.24) is 10.9 Å². The van der Waals surface area contributed by atoms with Gasteiger partial charge in [-0.1, -0.05) is 17.7 Å². The van der Waals surface area contributed by atoms with E-state index in [1.807, 2.05) is 31.2 Å². The Morgan fingerprint density at radius 2 is 1.56 bits per heavy atom. The van der Waals surface area contributed by atoms with Crippen LogP contribution in [0.4, 0.5) is 0 Å². The highest BCUT2D eigenvalue weighted by Crippen LogP contribution is 2.22. The molecule has 0 aliphatic rings. The highest BCUT2D eigenvalue weighted by atomic mass is 32.2. The van der Waals surface area contributed by atoms with Crippen molar-refractivity contribution in [3.05, 3.63) is 53.6 Å². The average molecular weight is 360 g/mol. The van der Waals surface area contributed by atoms with Crippen molar-refractivity contribution in [2.24, 2.45) is 0 Å². The molecular formula is C18H20N2O4S. The number of nitrogens with one attached hydrogen (secondary N) is 2. The standard InChI is InChI=1S/C18H20N2O4S/c1-12-4-6-16(7-5-12)25-11-17(21)19-20-18(22)13-8-14(23-2)10-15(9-13)24-3/h4-10H,11H2,1-3H3,(H,19,21)(H,20,22). The molecule has 6 nitrogen and oxygen atoms in total. The van der Waals surface area contributed by atoms with Gasteiger partial charge < -0.3 is 9.47 Å². The highest BCUT2D eigenvalue weighted by molar-refractivity contribution is 8.00. The summed E-state index contributed by atoms with van der Waals surface area (Å²) in [7, 11) is 3.00. The Morgan fingerprint density at radius 1 is 0.960 bits per heavy atom. The first-order valence-electron chi connectivity index (χ1n) is 7.53. The number of aryl methyl sites for hydroxylation is 1. The van der Waals surface area contributed by atoms with Crippen molar-refractivity contribution in [1.29, 1.82) is 0 Å². The van der Waals surface area contributed by atoms with Gasteiger partial charge in [0.25, 0.3) is 5.91 Å². The summed E-state index contributed by atoms with van der Waals surface area (Å²) in [6.07, 6.45) is 0. The topological polar surface area (TPSA) is 76.7 Å². The summed E-state index contributed by atoms with van der Waals surface area (Å²) in [6.45, 7) is 2.00. The largest absolute Gasteiger partial charge is 0.497 e. The molecule has 2 amide bonds. The minimum atomic E-state index is -0.453. The Morgan fingerprint density at radius 3 is 2.12 bits per heavy atom. The Balaban J connectivity index is 1.86. The molecule has 25 heavy (non-hydrogen) atoms. The van der Waals surface area contributed by atoms with Crippen molar-refractivity contribution in [2.75, 3.05) is 20.0 Å². The lowest BCUT2D eigenvalue weighted by atomic mass is 10.2. The Hall–Kier alpha value is -2.67. The van der Waals surface area contributed by atoms with Gasteiger partial charge in [-0.05, 0) is 31.2 Å². The van der Waals surface area contributed by atoms with Gasteiger partial charge in [0.1, 0.15) is 11.5 Å². The number of carbonyl (C=O) groups is 2. The predicted octanol–water partition coefficient (Wildman–Crippen LogP) is 2.57. The third kappa shape index (κ3) is 5.72. The maximum absolute atomic E-state index is 12.2. The lowest BCUT2D eigenvalue weighted by molar-refractivity contribution is -0.119. The quantitative estimate of drug-likeness (QED) is 0.612. The van der Waals surface area contributed by atoms with Crippen molar-refractivity contribution >= 4 is 23.6 Å². The van der Waals surface area contributed by atoms with Crippen molar-refractivity contribution in [2.45, 2.75) is 11.8 Å². The highest BCUT2D eigenvalue weighted by Gasteiger charge is 2.11. The SMILES string of the molecule is COc1cc(OC)cc(C(=O)NNC(=O)CSc2ccc(C)cc2)c1. The third-order valence-corrected chi connectivity index (χ3v) is 4.33. The van der Waals surface area contributed by atoms with Crippen molar-refractivity contribution < 1.29 is 19.1 Å². The minimum Gasteiger partial charge on any atom is -0.497 e. The van der Waals surface area contributed by atoms with E-state index in [1.54, 1.807) is 18.2 Å². The van der Waals surface area contributed by atoms with E-state index in [2.05, 4.69) is 10.9 Å². The monoisotopic (exact) mass is 360 g/mol. The number of hydrogen-bond donors (Lipinski definition) is 2. The molecule has 2 rings (SSSR count). The number of methoxy groups -OCH3 is 2. The van der Waals surface area contributed by atoms with Crippen LogP contribution in [0.3, 0.4) is 0 Å². The molecular weight excluding hydrogens is 340 g/mol. The number of thioether (sulfide) groups is 1. The van der Waals surface area contributed by atoms with Gasteiger partial charge in [-0.3, -0.25) is 20.4 Å². The van der Waals surface area contributed by atoms with Crippen LogP contribution >= 0.6 is 11.8 Å². The zero-order valence-corrected chi connectivity index (χ0v) is 15.1. The number of carbonyl (C=O) groups excluding carboxylic acids is 2. The van der Waals surface area contributed by atoms with Gasteiger partial charge in [-0.25, -0.2) is 0 Å². The average Bonchev–Trinajstić information content (AvgIpc) is 2.65. The van der Waals surface area contributed by atoms with Crippen molar-refractivity contribution in [3.63, 3.8) is 0 Å². The van der Waals surface area contributed by atoms with Crippen LogP contribution in [0.5, 0.6) is 11.5 Å². The Kier molecular flexibility index (Phi) is 6.71. The molecule has 2 N–H and O–H groups in total. The summed E-state index contributed by atoms with van der Waals surface area (Å²) in [4.78, 5) is 25.0. The number of hydrogen-bond acceptors (Lipinski definition) is 5. The molecule has 0 atom stereocenters. The van der Waals surface area contributed by atoms with Crippen LogP contribution in [0.15, 0.2) is 47.4 Å². The Labute approximate surface area is 150 Å². The van der Waals surface area contributed by atoms with E-state index in [0.717, 1.165) is 10.5 Å². The molecule has 0 heterocycles. The summed E-state index contributed by atoms with van der Waals surface area (Å²) in [6, 6.07) is 12.7. The molecule has 0 bridgehead atoms.